The molecule has 0 aliphatic carbocycles. The molecule has 22 heavy (non-hydrogen) atoms. The Morgan fingerprint density at radius 1 is 1.55 bits per heavy atom. The van der Waals surface area contributed by atoms with Gasteiger partial charge in [0.15, 0.2) is 0 Å². The molecule has 2 saturated heterocycles. The van der Waals surface area contributed by atoms with Crippen molar-refractivity contribution >= 4 is 5.91 Å². The first kappa shape index (κ1) is 14.9. The molecule has 0 unspecified atom stereocenters. The first-order valence-corrected chi connectivity index (χ1v) is 7.25. The topological polar surface area (TPSA) is 60.2 Å². The highest BCUT2D eigenvalue weighted by Crippen LogP contribution is 2.46. The Labute approximate surface area is 127 Å². The maximum absolute atomic E-state index is 13.5. The van der Waals surface area contributed by atoms with Crippen molar-refractivity contribution in [3.05, 3.63) is 29.6 Å². The number of carbonyl (C=O) groups is 1. The molecule has 3 heterocycles. The van der Waals surface area contributed by atoms with Crippen LogP contribution in [0, 0.1) is 16.7 Å². The minimum Gasteiger partial charge on any atom is -0.272 e. The Kier molecular flexibility index (Phi) is 3.57. The summed E-state index contributed by atoms with van der Waals surface area (Å²) in [6.45, 7) is 2.24. The average Bonchev–Trinajstić information content (AvgIpc) is 3.06. The molecule has 0 aromatic carbocycles. The van der Waals surface area contributed by atoms with Crippen molar-refractivity contribution < 1.29 is 13.6 Å². The molecule has 0 bridgehead atoms. The fourth-order valence-corrected chi connectivity index (χ4v) is 3.33. The fourth-order valence-electron chi connectivity index (χ4n) is 3.33. The molecule has 1 aromatic rings. The molecule has 0 radical (unpaired) electrons. The highest BCUT2D eigenvalue weighted by atomic mass is 19.3. The molecule has 5 nitrogen and oxygen atoms in total. The van der Waals surface area contributed by atoms with Crippen molar-refractivity contribution in [1.29, 1.82) is 5.26 Å². The molecule has 0 N–H and O–H groups in total. The second-order valence-corrected chi connectivity index (χ2v) is 5.77. The van der Waals surface area contributed by atoms with Crippen LogP contribution in [0.15, 0.2) is 18.5 Å². The van der Waals surface area contributed by atoms with E-state index in [9.17, 15) is 13.6 Å². The van der Waals surface area contributed by atoms with E-state index in [1.807, 2.05) is 6.07 Å². The number of hydrogen-bond acceptors (Lipinski definition) is 4. The van der Waals surface area contributed by atoms with Crippen molar-refractivity contribution in [2.24, 2.45) is 5.41 Å². The number of hydrazine groups is 1. The van der Waals surface area contributed by atoms with Crippen LogP contribution in [0.25, 0.3) is 0 Å². The summed E-state index contributed by atoms with van der Waals surface area (Å²) in [6, 6.07) is 3.36. The van der Waals surface area contributed by atoms with Gasteiger partial charge in [-0.1, -0.05) is 6.92 Å². The Morgan fingerprint density at radius 3 is 2.95 bits per heavy atom. The number of pyridine rings is 1. The zero-order chi connectivity index (χ0) is 15.9. The molecular weight excluding hydrogens is 290 g/mol. The van der Waals surface area contributed by atoms with Crippen molar-refractivity contribution in [3.8, 4) is 6.07 Å². The van der Waals surface area contributed by atoms with E-state index in [2.05, 4.69) is 4.98 Å². The number of alkyl halides is 2. The highest BCUT2D eigenvalue weighted by Gasteiger charge is 2.59. The summed E-state index contributed by atoms with van der Waals surface area (Å²) >= 11 is 0. The van der Waals surface area contributed by atoms with E-state index in [0.29, 0.717) is 18.5 Å². The van der Waals surface area contributed by atoms with Crippen LogP contribution in [0.4, 0.5) is 8.78 Å². The van der Waals surface area contributed by atoms with Gasteiger partial charge < -0.3 is 0 Å². The Morgan fingerprint density at radius 2 is 2.32 bits per heavy atom. The lowest BCUT2D eigenvalue weighted by atomic mass is 9.84. The van der Waals surface area contributed by atoms with Crippen LogP contribution in [0.5, 0.6) is 0 Å². The zero-order valence-corrected chi connectivity index (χ0v) is 12.2. The van der Waals surface area contributed by atoms with Crippen LogP contribution in [-0.2, 0) is 4.79 Å². The van der Waals surface area contributed by atoms with Gasteiger partial charge in [0.05, 0.1) is 11.6 Å². The lowest BCUT2D eigenvalue weighted by molar-refractivity contribution is -0.148. The molecule has 7 heteroatoms. The van der Waals surface area contributed by atoms with E-state index in [4.69, 9.17) is 5.26 Å². The molecule has 1 amide bonds. The Bertz CT molecular complexity index is 645. The molecule has 0 saturated carbocycles. The van der Waals surface area contributed by atoms with E-state index in [0.717, 1.165) is 5.56 Å². The quantitative estimate of drug-likeness (QED) is 0.858. The van der Waals surface area contributed by atoms with E-state index in [1.165, 1.54) is 11.2 Å². The van der Waals surface area contributed by atoms with E-state index >= 15 is 0 Å². The number of aromatic nitrogens is 1. The van der Waals surface area contributed by atoms with Gasteiger partial charge in [0.2, 0.25) is 0 Å². The van der Waals surface area contributed by atoms with Gasteiger partial charge in [-0.25, -0.2) is 13.8 Å². The van der Waals surface area contributed by atoms with Gasteiger partial charge in [-0.15, -0.1) is 0 Å². The summed E-state index contributed by atoms with van der Waals surface area (Å²) in [6.07, 6.45) is 1.12. The van der Waals surface area contributed by atoms with Crippen LogP contribution in [0.1, 0.15) is 36.9 Å². The normalized spacial score (nSPS) is 28.2. The van der Waals surface area contributed by atoms with Crippen molar-refractivity contribution in [2.75, 3.05) is 13.1 Å². The monoisotopic (exact) mass is 306 g/mol. The lowest BCUT2D eigenvalue weighted by Gasteiger charge is -2.27. The van der Waals surface area contributed by atoms with Gasteiger partial charge >= 0.3 is 0 Å². The summed E-state index contributed by atoms with van der Waals surface area (Å²) < 4.78 is 26.9. The molecular formula is C15H16F2N4O. The first-order chi connectivity index (χ1) is 10.5. The van der Waals surface area contributed by atoms with Crippen molar-refractivity contribution in [2.45, 2.75) is 32.2 Å². The standard InChI is InChI=1S/C15H16F2N4O/c1-2-15(13(16)17)9-20-4-3-12(21(20)14(15)22)11-5-10(6-18)7-19-8-11/h5,7-8,12-13H,2-4,9H2,1H3/t12-,15+/m1/s1. The van der Waals surface area contributed by atoms with Crippen LogP contribution in [0.2, 0.25) is 0 Å². The van der Waals surface area contributed by atoms with Gasteiger partial charge in [0.1, 0.15) is 11.5 Å². The number of rotatable bonds is 3. The van der Waals surface area contributed by atoms with E-state index in [1.54, 1.807) is 24.2 Å². The SMILES string of the molecule is CC[C@@]1(C(F)F)CN2CC[C@H](c3cncc(C#N)c3)N2C1=O. The van der Waals surface area contributed by atoms with Gasteiger partial charge in [-0.05, 0) is 24.5 Å². The van der Waals surface area contributed by atoms with Gasteiger partial charge in [-0.2, -0.15) is 5.26 Å². The number of hydrogen-bond donors (Lipinski definition) is 0. The molecule has 0 spiro atoms. The maximum Gasteiger partial charge on any atom is 0.254 e. The smallest absolute Gasteiger partial charge is 0.254 e. The Hall–Kier alpha value is -2.07. The summed E-state index contributed by atoms with van der Waals surface area (Å²) in [5.41, 5.74) is -0.492. The van der Waals surface area contributed by atoms with Crippen LogP contribution in [0.3, 0.4) is 0 Å². The molecule has 116 valence electrons. The predicted octanol–water partition coefficient (Wildman–Crippen LogP) is 2.12. The van der Waals surface area contributed by atoms with Crippen LogP contribution in [-0.4, -0.2) is 40.4 Å². The largest absolute Gasteiger partial charge is 0.272 e. The summed E-state index contributed by atoms with van der Waals surface area (Å²) in [5, 5.41) is 12.1. The van der Waals surface area contributed by atoms with Gasteiger partial charge in [0.25, 0.3) is 12.3 Å². The molecule has 3 rings (SSSR count). The third-order valence-corrected chi connectivity index (χ3v) is 4.68. The summed E-state index contributed by atoms with van der Waals surface area (Å²) in [5.74, 6) is -0.519. The third-order valence-electron chi connectivity index (χ3n) is 4.68. The van der Waals surface area contributed by atoms with Crippen molar-refractivity contribution in [1.82, 2.24) is 15.0 Å². The molecule has 2 fully saturated rings. The van der Waals surface area contributed by atoms with Crippen molar-refractivity contribution in [3.63, 3.8) is 0 Å². The second-order valence-electron chi connectivity index (χ2n) is 5.77. The number of carbonyl (C=O) groups excluding carboxylic acids is 1. The number of nitriles is 1. The van der Waals surface area contributed by atoms with Crippen LogP contribution >= 0.6 is 0 Å². The molecule has 1 aromatic heterocycles. The lowest BCUT2D eigenvalue weighted by Crippen LogP contribution is -2.41. The summed E-state index contributed by atoms with van der Waals surface area (Å²) in [7, 11) is 0. The first-order valence-electron chi connectivity index (χ1n) is 7.25. The molecule has 2 aliphatic heterocycles. The van der Waals surface area contributed by atoms with E-state index in [-0.39, 0.29) is 19.0 Å². The fraction of sp³-hybridized carbons (Fsp3) is 0.533. The predicted molar refractivity (Wildman–Crippen MR) is 73.5 cm³/mol. The second kappa shape index (κ2) is 5.29. The summed E-state index contributed by atoms with van der Waals surface area (Å²) in [4.78, 5) is 16.6. The maximum atomic E-state index is 13.5. The molecule has 2 aliphatic rings. The number of fused-ring (bicyclic) bond motifs is 1. The van der Waals surface area contributed by atoms with Crippen LogP contribution < -0.4 is 0 Å². The average molecular weight is 306 g/mol. The Balaban J connectivity index is 1.95. The number of nitrogens with zero attached hydrogens (tertiary/aromatic N) is 4. The van der Waals surface area contributed by atoms with E-state index < -0.39 is 17.7 Å². The zero-order valence-electron chi connectivity index (χ0n) is 12.2. The molecule has 2 atom stereocenters. The highest BCUT2D eigenvalue weighted by molar-refractivity contribution is 5.85. The third kappa shape index (κ3) is 1.98. The minimum atomic E-state index is -2.68. The minimum absolute atomic E-state index is 0.0574. The van der Waals surface area contributed by atoms with Gasteiger partial charge in [-0.3, -0.25) is 14.8 Å². The van der Waals surface area contributed by atoms with Gasteiger partial charge in [0, 0.05) is 25.5 Å². The number of amides is 1. The number of halogens is 2.